The van der Waals surface area contributed by atoms with Crippen LogP contribution in [0.2, 0.25) is 0 Å². The molecule has 1 N–H and O–H groups in total. The van der Waals surface area contributed by atoms with E-state index in [0.717, 1.165) is 0 Å². The summed E-state index contributed by atoms with van der Waals surface area (Å²) in [7, 11) is 1.47. The number of aromatic nitrogens is 1. The number of pyridine rings is 1. The molecule has 1 aromatic heterocycles. The molecule has 7 heteroatoms. The summed E-state index contributed by atoms with van der Waals surface area (Å²) in [5.74, 6) is -4.29. The Labute approximate surface area is 102 Å². The van der Waals surface area contributed by atoms with Gasteiger partial charge in [0.05, 0.1) is 0 Å². The molecule has 1 fully saturated rings. The maximum absolute atomic E-state index is 13.6. The first-order valence-corrected chi connectivity index (χ1v) is 5.54. The smallest absolute Gasteiger partial charge is 0.251 e. The van der Waals surface area contributed by atoms with Crippen molar-refractivity contribution in [3.05, 3.63) is 23.6 Å². The number of likely N-dealkylation sites (N-methyl/N-ethyl adjacent to an activating group) is 1. The van der Waals surface area contributed by atoms with Gasteiger partial charge in [-0.2, -0.15) is 9.37 Å². The first-order valence-electron chi connectivity index (χ1n) is 5.54. The SMILES string of the molecule is CNC(=O)C1CCCN1c1nc(F)c(F)cc1F. The Morgan fingerprint density at radius 2 is 2.17 bits per heavy atom. The summed E-state index contributed by atoms with van der Waals surface area (Å²) >= 11 is 0. The van der Waals surface area contributed by atoms with Gasteiger partial charge < -0.3 is 10.2 Å². The number of carbonyl (C=O) groups is 1. The highest BCUT2D eigenvalue weighted by molar-refractivity contribution is 5.85. The normalized spacial score (nSPS) is 19.1. The van der Waals surface area contributed by atoms with Crippen LogP contribution < -0.4 is 10.2 Å². The van der Waals surface area contributed by atoms with Gasteiger partial charge in [-0.3, -0.25) is 4.79 Å². The van der Waals surface area contributed by atoms with E-state index in [-0.39, 0.29) is 11.7 Å². The number of carbonyl (C=O) groups excluding carboxylic acids is 1. The Morgan fingerprint density at radius 1 is 1.44 bits per heavy atom. The van der Waals surface area contributed by atoms with Crippen molar-refractivity contribution in [3.63, 3.8) is 0 Å². The Bertz CT molecular complexity index is 481. The second-order valence-electron chi connectivity index (χ2n) is 4.03. The zero-order chi connectivity index (χ0) is 13.3. The van der Waals surface area contributed by atoms with Gasteiger partial charge in [-0.05, 0) is 12.8 Å². The lowest BCUT2D eigenvalue weighted by molar-refractivity contribution is -0.121. The molecule has 0 aliphatic carbocycles. The molecular formula is C11H12F3N3O. The molecule has 1 aliphatic rings. The minimum atomic E-state index is -1.37. The number of hydrogen-bond acceptors (Lipinski definition) is 3. The second-order valence-corrected chi connectivity index (χ2v) is 4.03. The van der Waals surface area contributed by atoms with Crippen molar-refractivity contribution in [2.75, 3.05) is 18.5 Å². The molecule has 0 aromatic carbocycles. The van der Waals surface area contributed by atoms with Crippen molar-refractivity contribution in [2.24, 2.45) is 0 Å². The van der Waals surface area contributed by atoms with Crippen molar-refractivity contribution >= 4 is 11.7 Å². The summed E-state index contributed by atoms with van der Waals surface area (Å²) < 4.78 is 39.4. The number of rotatable bonds is 2. The highest BCUT2D eigenvalue weighted by atomic mass is 19.2. The predicted molar refractivity (Wildman–Crippen MR) is 58.5 cm³/mol. The topological polar surface area (TPSA) is 45.2 Å². The molecule has 0 saturated carbocycles. The van der Waals surface area contributed by atoms with Gasteiger partial charge in [-0.25, -0.2) is 8.78 Å². The molecule has 1 aliphatic heterocycles. The molecule has 98 valence electrons. The van der Waals surface area contributed by atoms with Crippen LogP contribution in [-0.2, 0) is 4.79 Å². The molecule has 4 nitrogen and oxygen atoms in total. The second kappa shape index (κ2) is 4.83. The lowest BCUT2D eigenvalue weighted by Crippen LogP contribution is -2.42. The number of nitrogens with one attached hydrogen (secondary N) is 1. The first-order chi connectivity index (χ1) is 8.54. The van der Waals surface area contributed by atoms with Gasteiger partial charge >= 0.3 is 0 Å². The highest BCUT2D eigenvalue weighted by Gasteiger charge is 2.33. The molecule has 2 rings (SSSR count). The summed E-state index contributed by atoms with van der Waals surface area (Å²) in [5, 5.41) is 2.45. The Hall–Kier alpha value is -1.79. The first kappa shape index (κ1) is 12.7. The molecule has 18 heavy (non-hydrogen) atoms. The standard InChI is InChI=1S/C11H12F3N3O/c1-15-11(18)8-3-2-4-17(8)10-7(13)5-6(12)9(14)16-10/h5,8H,2-4H2,1H3,(H,15,18). The molecule has 1 saturated heterocycles. The third-order valence-electron chi connectivity index (χ3n) is 2.94. The summed E-state index contributed by atoms with van der Waals surface area (Å²) in [4.78, 5) is 16.2. The maximum atomic E-state index is 13.6. The van der Waals surface area contributed by atoms with E-state index in [4.69, 9.17) is 0 Å². The Balaban J connectivity index is 2.36. The molecule has 1 amide bonds. The van der Waals surface area contributed by atoms with E-state index in [9.17, 15) is 18.0 Å². The van der Waals surface area contributed by atoms with Gasteiger partial charge in [-0.1, -0.05) is 0 Å². The summed E-state index contributed by atoms with van der Waals surface area (Å²) in [6.07, 6.45) is 1.19. The van der Waals surface area contributed by atoms with E-state index >= 15 is 0 Å². The summed E-state index contributed by atoms with van der Waals surface area (Å²) in [5.41, 5.74) is 0. The maximum Gasteiger partial charge on any atom is 0.251 e. The number of hydrogen-bond donors (Lipinski definition) is 1. The van der Waals surface area contributed by atoms with Gasteiger partial charge in [-0.15, -0.1) is 0 Å². The van der Waals surface area contributed by atoms with E-state index in [0.29, 0.717) is 25.5 Å². The third-order valence-corrected chi connectivity index (χ3v) is 2.94. The summed E-state index contributed by atoms with van der Waals surface area (Å²) in [6, 6.07) is -0.154. The number of halogens is 3. The minimum Gasteiger partial charge on any atom is -0.357 e. The van der Waals surface area contributed by atoms with Gasteiger partial charge in [0.2, 0.25) is 5.91 Å². The summed E-state index contributed by atoms with van der Waals surface area (Å²) in [6.45, 7) is 0.382. The van der Waals surface area contributed by atoms with E-state index < -0.39 is 23.6 Å². The Morgan fingerprint density at radius 3 is 2.83 bits per heavy atom. The van der Waals surface area contributed by atoms with Crippen LogP contribution in [0.1, 0.15) is 12.8 Å². The predicted octanol–water partition coefficient (Wildman–Crippen LogP) is 1.21. The van der Waals surface area contributed by atoms with Gasteiger partial charge in [0.15, 0.2) is 17.5 Å². The number of amides is 1. The van der Waals surface area contributed by atoms with Crippen LogP contribution in [0.4, 0.5) is 19.0 Å². The largest absolute Gasteiger partial charge is 0.357 e. The highest BCUT2D eigenvalue weighted by Crippen LogP contribution is 2.27. The molecule has 0 radical (unpaired) electrons. The van der Waals surface area contributed by atoms with E-state index in [1.165, 1.54) is 11.9 Å². The lowest BCUT2D eigenvalue weighted by atomic mass is 10.2. The van der Waals surface area contributed by atoms with Crippen LogP contribution in [0.5, 0.6) is 0 Å². The lowest BCUT2D eigenvalue weighted by Gasteiger charge is -2.24. The van der Waals surface area contributed by atoms with Gasteiger partial charge in [0.1, 0.15) is 6.04 Å². The monoisotopic (exact) mass is 259 g/mol. The van der Waals surface area contributed by atoms with Gasteiger partial charge in [0.25, 0.3) is 5.95 Å². The van der Waals surface area contributed by atoms with Crippen molar-refractivity contribution in [1.82, 2.24) is 10.3 Å². The van der Waals surface area contributed by atoms with Crippen LogP contribution in [0.25, 0.3) is 0 Å². The van der Waals surface area contributed by atoms with Crippen LogP contribution >= 0.6 is 0 Å². The van der Waals surface area contributed by atoms with Crippen molar-refractivity contribution in [2.45, 2.75) is 18.9 Å². The average molecular weight is 259 g/mol. The van der Waals surface area contributed by atoms with Crippen LogP contribution in [0, 0.1) is 17.6 Å². The molecule has 0 bridgehead atoms. The molecule has 1 unspecified atom stereocenters. The zero-order valence-corrected chi connectivity index (χ0v) is 9.71. The number of nitrogens with zero attached hydrogens (tertiary/aromatic N) is 2. The van der Waals surface area contributed by atoms with Crippen molar-refractivity contribution in [3.8, 4) is 0 Å². The van der Waals surface area contributed by atoms with Crippen molar-refractivity contribution < 1.29 is 18.0 Å². The van der Waals surface area contributed by atoms with Crippen LogP contribution in [0.3, 0.4) is 0 Å². The van der Waals surface area contributed by atoms with E-state index in [2.05, 4.69) is 10.3 Å². The minimum absolute atomic E-state index is 0.293. The fourth-order valence-electron chi connectivity index (χ4n) is 2.10. The average Bonchev–Trinajstić information content (AvgIpc) is 2.81. The van der Waals surface area contributed by atoms with E-state index in [1.54, 1.807) is 0 Å². The van der Waals surface area contributed by atoms with Gasteiger partial charge in [0, 0.05) is 19.7 Å². The third kappa shape index (κ3) is 2.12. The van der Waals surface area contributed by atoms with Crippen LogP contribution in [-0.4, -0.2) is 30.5 Å². The fourth-order valence-corrected chi connectivity index (χ4v) is 2.10. The number of anilines is 1. The van der Waals surface area contributed by atoms with Crippen molar-refractivity contribution in [1.29, 1.82) is 0 Å². The molecular weight excluding hydrogens is 247 g/mol. The molecule has 2 heterocycles. The molecule has 1 aromatic rings. The molecule has 0 spiro atoms. The quantitative estimate of drug-likeness (QED) is 0.812. The zero-order valence-electron chi connectivity index (χ0n) is 9.71. The fraction of sp³-hybridized carbons (Fsp3) is 0.455. The molecule has 1 atom stereocenters. The Kier molecular flexibility index (Phi) is 3.40. The van der Waals surface area contributed by atoms with E-state index in [1.807, 2.05) is 0 Å². The van der Waals surface area contributed by atoms with Crippen LogP contribution in [0.15, 0.2) is 6.07 Å².